The molecule has 0 N–H and O–H groups in total. The molecule has 10 heteroatoms. The number of benzene rings is 3. The third-order valence-corrected chi connectivity index (χ3v) is 8.63. The van der Waals surface area contributed by atoms with Gasteiger partial charge in [0.05, 0.1) is 55.3 Å². The normalized spacial score (nSPS) is 15.7. The van der Waals surface area contributed by atoms with Crippen molar-refractivity contribution in [1.29, 1.82) is 5.26 Å². The van der Waals surface area contributed by atoms with Crippen molar-refractivity contribution in [2.24, 2.45) is 0 Å². The largest absolute Gasteiger partial charge is 0.489 e. The highest BCUT2D eigenvalue weighted by Crippen LogP contribution is 2.33. The van der Waals surface area contributed by atoms with Crippen LogP contribution in [0.5, 0.6) is 11.6 Å². The Kier molecular flexibility index (Phi) is 8.85. The number of halogens is 1. The third-order valence-electron chi connectivity index (χ3n) is 8.63. The van der Waals surface area contributed by atoms with E-state index < -0.39 is 5.82 Å². The summed E-state index contributed by atoms with van der Waals surface area (Å²) in [5, 5.41) is 9.51. The SMILES string of the molecule is COCCOc1cc(C)cc2c1nc(Cc1cc(F)c3cc1COCc1cc(C#N)ccc1COc1cccc-3n1)n2CC1CCO1. The van der Waals surface area contributed by atoms with Gasteiger partial charge in [-0.05, 0) is 83.6 Å². The number of nitriles is 1. The molecule has 1 unspecified atom stereocenters. The molecule has 240 valence electrons. The molecule has 0 aliphatic carbocycles. The average molecular weight is 635 g/mol. The van der Waals surface area contributed by atoms with E-state index >= 15 is 4.39 Å². The number of aromatic nitrogens is 3. The monoisotopic (exact) mass is 634 g/mol. The molecule has 4 heterocycles. The molecular weight excluding hydrogens is 599 g/mol. The fourth-order valence-electron chi connectivity index (χ4n) is 6.05. The van der Waals surface area contributed by atoms with Crippen LogP contribution in [0.25, 0.3) is 22.3 Å². The van der Waals surface area contributed by atoms with Crippen LogP contribution in [0.2, 0.25) is 0 Å². The van der Waals surface area contributed by atoms with E-state index in [0.29, 0.717) is 54.6 Å². The van der Waals surface area contributed by atoms with E-state index in [1.807, 2.05) is 31.2 Å². The molecule has 0 radical (unpaired) electrons. The minimum atomic E-state index is -0.394. The summed E-state index contributed by atoms with van der Waals surface area (Å²) < 4.78 is 47.6. The second-order valence-corrected chi connectivity index (χ2v) is 11.9. The van der Waals surface area contributed by atoms with Gasteiger partial charge in [-0.3, -0.25) is 0 Å². The van der Waals surface area contributed by atoms with Crippen LogP contribution in [-0.2, 0) is 47.0 Å². The first kappa shape index (κ1) is 30.8. The molecule has 2 aliphatic rings. The van der Waals surface area contributed by atoms with Gasteiger partial charge in [-0.25, -0.2) is 14.4 Å². The quantitative estimate of drug-likeness (QED) is 0.180. The lowest BCUT2D eigenvalue weighted by molar-refractivity contribution is -0.0589. The summed E-state index contributed by atoms with van der Waals surface area (Å²) in [6.45, 7) is 4.98. The summed E-state index contributed by atoms with van der Waals surface area (Å²) in [4.78, 5) is 9.71. The van der Waals surface area contributed by atoms with Crippen molar-refractivity contribution in [3.05, 3.63) is 106 Å². The molecule has 3 aromatic carbocycles. The van der Waals surface area contributed by atoms with Gasteiger partial charge in [0.15, 0.2) is 0 Å². The number of fused-ring (bicyclic) bond motifs is 7. The lowest BCUT2D eigenvalue weighted by Gasteiger charge is -2.27. The van der Waals surface area contributed by atoms with Crippen molar-refractivity contribution < 1.29 is 28.1 Å². The van der Waals surface area contributed by atoms with Crippen molar-refractivity contribution in [2.45, 2.75) is 52.2 Å². The van der Waals surface area contributed by atoms with Crippen LogP contribution in [-0.4, -0.2) is 47.6 Å². The maximum absolute atomic E-state index is 16.0. The number of imidazole rings is 1. The first-order valence-corrected chi connectivity index (χ1v) is 15.7. The number of nitrogens with zero attached hydrogens (tertiary/aromatic N) is 4. The summed E-state index contributed by atoms with van der Waals surface area (Å²) in [6.07, 6.45) is 1.41. The maximum Gasteiger partial charge on any atom is 0.214 e. The summed E-state index contributed by atoms with van der Waals surface area (Å²) in [6, 6.07) is 20.5. The fraction of sp³-hybridized carbons (Fsp3) is 0.324. The molecule has 5 aromatic rings. The van der Waals surface area contributed by atoms with Gasteiger partial charge in [-0.15, -0.1) is 0 Å². The number of rotatable bonds is 8. The van der Waals surface area contributed by atoms with E-state index in [1.165, 1.54) is 0 Å². The van der Waals surface area contributed by atoms with Crippen LogP contribution in [0.3, 0.4) is 0 Å². The molecule has 0 amide bonds. The number of methoxy groups -OCH3 is 1. The van der Waals surface area contributed by atoms with Crippen LogP contribution in [0.1, 0.15) is 45.6 Å². The van der Waals surface area contributed by atoms with Gasteiger partial charge in [-0.2, -0.15) is 5.26 Å². The number of pyridine rings is 1. The van der Waals surface area contributed by atoms with Gasteiger partial charge >= 0.3 is 0 Å². The second kappa shape index (κ2) is 13.5. The fourth-order valence-corrected chi connectivity index (χ4v) is 6.05. The highest BCUT2D eigenvalue weighted by molar-refractivity contribution is 5.83. The molecule has 47 heavy (non-hydrogen) atoms. The van der Waals surface area contributed by atoms with Crippen LogP contribution in [0.15, 0.2) is 60.7 Å². The van der Waals surface area contributed by atoms with Crippen LogP contribution in [0.4, 0.5) is 4.39 Å². The Morgan fingerprint density at radius 2 is 1.87 bits per heavy atom. The molecule has 0 spiro atoms. The zero-order chi connectivity index (χ0) is 32.3. The highest BCUT2D eigenvalue weighted by atomic mass is 19.1. The van der Waals surface area contributed by atoms with E-state index in [2.05, 4.69) is 21.7 Å². The third kappa shape index (κ3) is 6.56. The van der Waals surface area contributed by atoms with E-state index in [1.54, 1.807) is 37.4 Å². The van der Waals surface area contributed by atoms with E-state index in [9.17, 15) is 5.26 Å². The molecule has 7 rings (SSSR count). The summed E-state index contributed by atoms with van der Waals surface area (Å²) in [5.41, 5.74) is 7.42. The zero-order valence-electron chi connectivity index (χ0n) is 26.4. The lowest BCUT2D eigenvalue weighted by atomic mass is 9.98. The number of hydrogen-bond acceptors (Lipinski definition) is 8. The Labute approximate surface area is 272 Å². The molecule has 4 bridgehead atoms. The molecule has 2 aromatic heterocycles. The van der Waals surface area contributed by atoms with Crippen molar-refractivity contribution >= 4 is 11.0 Å². The highest BCUT2D eigenvalue weighted by Gasteiger charge is 2.25. The van der Waals surface area contributed by atoms with Crippen molar-refractivity contribution in [1.82, 2.24) is 14.5 Å². The van der Waals surface area contributed by atoms with Gasteiger partial charge in [0.25, 0.3) is 0 Å². The van der Waals surface area contributed by atoms with E-state index in [-0.39, 0.29) is 25.9 Å². The molecular formula is C37H35FN4O5. The smallest absolute Gasteiger partial charge is 0.214 e. The number of hydrogen-bond donors (Lipinski definition) is 0. The lowest BCUT2D eigenvalue weighted by Crippen LogP contribution is -2.31. The number of ether oxygens (including phenoxy) is 5. The Morgan fingerprint density at radius 1 is 1.00 bits per heavy atom. The number of aryl methyl sites for hydroxylation is 1. The van der Waals surface area contributed by atoms with Gasteiger partial charge in [0.2, 0.25) is 5.88 Å². The second-order valence-electron chi connectivity index (χ2n) is 11.9. The van der Waals surface area contributed by atoms with Crippen LogP contribution >= 0.6 is 0 Å². The summed E-state index contributed by atoms with van der Waals surface area (Å²) in [5.74, 6) is 1.45. The predicted octanol–water partition coefficient (Wildman–Crippen LogP) is 6.43. The van der Waals surface area contributed by atoms with Crippen molar-refractivity contribution in [2.75, 3.05) is 26.9 Å². The summed E-state index contributed by atoms with van der Waals surface area (Å²) >= 11 is 0. The first-order valence-electron chi connectivity index (χ1n) is 15.7. The zero-order valence-corrected chi connectivity index (χ0v) is 26.4. The maximum atomic E-state index is 16.0. The topological polar surface area (TPSA) is 101 Å². The van der Waals surface area contributed by atoms with Gasteiger partial charge in [0.1, 0.15) is 36.1 Å². The Morgan fingerprint density at radius 3 is 2.68 bits per heavy atom. The van der Waals surface area contributed by atoms with Crippen LogP contribution < -0.4 is 9.47 Å². The molecule has 1 fully saturated rings. The van der Waals surface area contributed by atoms with Gasteiger partial charge in [0, 0.05) is 31.8 Å². The van der Waals surface area contributed by atoms with Gasteiger partial charge < -0.3 is 28.3 Å². The van der Waals surface area contributed by atoms with E-state index in [0.717, 1.165) is 57.7 Å². The average Bonchev–Trinajstić information content (AvgIpc) is 3.39. The first-order chi connectivity index (χ1) is 23.0. The molecule has 1 saturated heterocycles. The molecule has 9 nitrogen and oxygen atoms in total. The van der Waals surface area contributed by atoms with Crippen molar-refractivity contribution in [3.63, 3.8) is 0 Å². The molecule has 0 saturated carbocycles. The van der Waals surface area contributed by atoms with Crippen molar-refractivity contribution in [3.8, 4) is 29.0 Å². The van der Waals surface area contributed by atoms with Crippen LogP contribution in [0, 0.1) is 24.1 Å². The minimum absolute atomic E-state index is 0.0832. The van der Waals surface area contributed by atoms with Gasteiger partial charge in [-0.1, -0.05) is 12.1 Å². The summed E-state index contributed by atoms with van der Waals surface area (Å²) in [7, 11) is 1.64. The Hall–Kier alpha value is -4.82. The molecule has 2 aliphatic heterocycles. The minimum Gasteiger partial charge on any atom is -0.489 e. The Balaban J connectivity index is 1.30. The standard InChI is InChI=1S/C37H35FN4O5/c1-23-12-33-37(34(13-23)46-11-10-43-2)41-35(42(33)19-29-8-9-45-29)17-26-16-31(38)30-15-28(26)21-44-20-27-14-24(18-39)6-7-25(27)22-47-36-5-3-4-32(30)40-36/h3-7,12-16,29H,8-11,17,19-22H2,1-2H3. The van der Waals surface area contributed by atoms with E-state index in [4.69, 9.17) is 28.7 Å². The Bertz CT molecular complexity index is 1980. The predicted molar refractivity (Wildman–Crippen MR) is 173 cm³/mol. The molecule has 1 atom stereocenters.